The molecule has 0 saturated carbocycles. The zero-order chi connectivity index (χ0) is 8.23. The first-order valence-electron chi connectivity index (χ1n) is 4.37. The Labute approximate surface area is 72.7 Å². The molecule has 12 heavy (non-hydrogen) atoms. The number of rotatable bonds is 2. The van der Waals surface area contributed by atoms with Crippen LogP contribution >= 0.6 is 0 Å². The molecule has 2 heteroatoms. The summed E-state index contributed by atoms with van der Waals surface area (Å²) in [5, 5.41) is 2.02. The van der Waals surface area contributed by atoms with Gasteiger partial charge in [-0.2, -0.15) is 5.06 Å². The highest BCUT2D eigenvalue weighted by molar-refractivity contribution is 5.14. The lowest BCUT2D eigenvalue weighted by Gasteiger charge is -2.12. The molecular weight excluding hydrogens is 150 g/mol. The molecule has 1 aromatic rings. The summed E-state index contributed by atoms with van der Waals surface area (Å²) in [4.78, 5) is 5.39. The van der Waals surface area contributed by atoms with Crippen LogP contribution in [-0.4, -0.2) is 18.2 Å². The van der Waals surface area contributed by atoms with Crippen LogP contribution in [0.3, 0.4) is 0 Å². The number of benzene rings is 1. The predicted molar refractivity (Wildman–Crippen MR) is 47.4 cm³/mol. The van der Waals surface area contributed by atoms with E-state index in [1.165, 1.54) is 5.56 Å². The van der Waals surface area contributed by atoms with Gasteiger partial charge in [-0.25, -0.2) is 0 Å². The zero-order valence-electron chi connectivity index (χ0n) is 7.07. The summed E-state index contributed by atoms with van der Waals surface area (Å²) in [6.07, 6.45) is 1.16. The normalized spacial score (nSPS) is 18.3. The van der Waals surface area contributed by atoms with Crippen LogP contribution in [-0.2, 0) is 11.4 Å². The standard InChI is InChI=1S/C10H13NO/c1-2-5-10(6-3-1)9-11-7-4-8-12-11/h1-3,5-6H,4,7-9H2. The van der Waals surface area contributed by atoms with Gasteiger partial charge in [0.05, 0.1) is 6.61 Å². The van der Waals surface area contributed by atoms with E-state index in [1.54, 1.807) is 0 Å². The lowest BCUT2D eigenvalue weighted by atomic mass is 10.2. The highest BCUT2D eigenvalue weighted by Gasteiger charge is 2.11. The van der Waals surface area contributed by atoms with Crippen molar-refractivity contribution in [3.63, 3.8) is 0 Å². The van der Waals surface area contributed by atoms with Crippen molar-refractivity contribution in [2.75, 3.05) is 13.2 Å². The number of hydrogen-bond acceptors (Lipinski definition) is 2. The Kier molecular flexibility index (Phi) is 2.39. The molecule has 2 nitrogen and oxygen atoms in total. The van der Waals surface area contributed by atoms with Crippen molar-refractivity contribution in [1.82, 2.24) is 5.06 Å². The average molecular weight is 163 g/mol. The summed E-state index contributed by atoms with van der Waals surface area (Å²) in [7, 11) is 0. The Morgan fingerprint density at radius 3 is 2.75 bits per heavy atom. The van der Waals surface area contributed by atoms with Crippen molar-refractivity contribution < 1.29 is 4.84 Å². The lowest BCUT2D eigenvalue weighted by molar-refractivity contribution is -0.117. The maximum atomic E-state index is 5.39. The van der Waals surface area contributed by atoms with Crippen molar-refractivity contribution in [1.29, 1.82) is 0 Å². The van der Waals surface area contributed by atoms with Gasteiger partial charge in [0.1, 0.15) is 0 Å². The van der Waals surface area contributed by atoms with Gasteiger partial charge < -0.3 is 0 Å². The van der Waals surface area contributed by atoms with Gasteiger partial charge in [-0.15, -0.1) is 0 Å². The molecule has 64 valence electrons. The number of hydrogen-bond donors (Lipinski definition) is 0. The quantitative estimate of drug-likeness (QED) is 0.659. The fraction of sp³-hybridized carbons (Fsp3) is 0.400. The lowest BCUT2D eigenvalue weighted by Crippen LogP contribution is -2.16. The second-order valence-corrected chi connectivity index (χ2v) is 3.04. The van der Waals surface area contributed by atoms with Crippen molar-refractivity contribution in [2.45, 2.75) is 13.0 Å². The highest BCUT2D eigenvalue weighted by Crippen LogP contribution is 2.09. The minimum Gasteiger partial charge on any atom is -0.299 e. The second kappa shape index (κ2) is 3.70. The van der Waals surface area contributed by atoms with Gasteiger partial charge in [0.2, 0.25) is 0 Å². The summed E-state index contributed by atoms with van der Waals surface area (Å²) >= 11 is 0. The van der Waals surface area contributed by atoms with E-state index in [4.69, 9.17) is 4.84 Å². The van der Waals surface area contributed by atoms with Crippen LogP contribution in [0.4, 0.5) is 0 Å². The van der Waals surface area contributed by atoms with Crippen LogP contribution in [0.5, 0.6) is 0 Å². The summed E-state index contributed by atoms with van der Waals surface area (Å²) < 4.78 is 0. The summed E-state index contributed by atoms with van der Waals surface area (Å²) in [6.45, 7) is 2.86. The zero-order valence-corrected chi connectivity index (χ0v) is 7.07. The van der Waals surface area contributed by atoms with Crippen molar-refractivity contribution in [3.05, 3.63) is 35.9 Å². The number of hydroxylamine groups is 2. The minimum atomic E-state index is 0.882. The van der Waals surface area contributed by atoms with Gasteiger partial charge in [-0.05, 0) is 12.0 Å². The highest BCUT2D eigenvalue weighted by atomic mass is 16.7. The molecule has 0 spiro atoms. The van der Waals surface area contributed by atoms with Crippen LogP contribution in [0.2, 0.25) is 0 Å². The summed E-state index contributed by atoms with van der Waals surface area (Å²) in [5.41, 5.74) is 1.32. The first-order valence-corrected chi connectivity index (χ1v) is 4.37. The molecule has 0 amide bonds. The van der Waals surface area contributed by atoms with Gasteiger partial charge in [0, 0.05) is 13.1 Å². The predicted octanol–water partition coefficient (Wildman–Crippen LogP) is 1.82. The minimum absolute atomic E-state index is 0.882. The van der Waals surface area contributed by atoms with E-state index in [2.05, 4.69) is 24.3 Å². The molecule has 0 radical (unpaired) electrons. The third-order valence-electron chi connectivity index (χ3n) is 2.03. The molecule has 0 N–H and O–H groups in total. The molecule has 0 unspecified atom stereocenters. The van der Waals surface area contributed by atoms with Crippen LogP contribution in [0.15, 0.2) is 30.3 Å². The van der Waals surface area contributed by atoms with E-state index in [1.807, 2.05) is 11.1 Å². The average Bonchev–Trinajstić information content (AvgIpc) is 2.59. The molecule has 1 fully saturated rings. The van der Waals surface area contributed by atoms with Crippen LogP contribution in [0, 0.1) is 0 Å². The van der Waals surface area contributed by atoms with Crippen LogP contribution in [0.25, 0.3) is 0 Å². The third kappa shape index (κ3) is 1.84. The van der Waals surface area contributed by atoms with E-state index in [0.717, 1.165) is 26.1 Å². The van der Waals surface area contributed by atoms with E-state index >= 15 is 0 Å². The molecule has 1 saturated heterocycles. The summed E-state index contributed by atoms with van der Waals surface area (Å²) in [6, 6.07) is 10.4. The number of nitrogens with zero attached hydrogens (tertiary/aromatic N) is 1. The van der Waals surface area contributed by atoms with Gasteiger partial charge in [0.15, 0.2) is 0 Å². The first kappa shape index (κ1) is 7.77. The van der Waals surface area contributed by atoms with E-state index in [-0.39, 0.29) is 0 Å². The topological polar surface area (TPSA) is 12.5 Å². The van der Waals surface area contributed by atoms with Gasteiger partial charge >= 0.3 is 0 Å². The second-order valence-electron chi connectivity index (χ2n) is 3.04. The fourth-order valence-electron chi connectivity index (χ4n) is 1.41. The Morgan fingerprint density at radius 2 is 2.08 bits per heavy atom. The van der Waals surface area contributed by atoms with E-state index in [0.29, 0.717) is 0 Å². The monoisotopic (exact) mass is 163 g/mol. The van der Waals surface area contributed by atoms with Gasteiger partial charge in [0.25, 0.3) is 0 Å². The molecular formula is C10H13NO. The third-order valence-corrected chi connectivity index (χ3v) is 2.03. The summed E-state index contributed by atoms with van der Waals surface area (Å²) in [5.74, 6) is 0. The van der Waals surface area contributed by atoms with E-state index < -0.39 is 0 Å². The molecule has 1 heterocycles. The van der Waals surface area contributed by atoms with Crippen molar-refractivity contribution >= 4 is 0 Å². The smallest absolute Gasteiger partial charge is 0.0698 e. The molecule has 2 rings (SSSR count). The molecule has 0 aliphatic carbocycles. The Morgan fingerprint density at radius 1 is 1.25 bits per heavy atom. The van der Waals surface area contributed by atoms with Gasteiger partial charge in [-0.1, -0.05) is 30.3 Å². The Balaban J connectivity index is 1.94. The SMILES string of the molecule is c1ccc(CN2CCCO2)cc1. The fourth-order valence-corrected chi connectivity index (χ4v) is 1.41. The Hall–Kier alpha value is -0.860. The maximum Gasteiger partial charge on any atom is 0.0698 e. The first-order chi connectivity index (χ1) is 5.95. The molecule has 0 bridgehead atoms. The molecule has 0 aromatic heterocycles. The van der Waals surface area contributed by atoms with Crippen LogP contribution in [0.1, 0.15) is 12.0 Å². The maximum absolute atomic E-state index is 5.39. The van der Waals surface area contributed by atoms with Crippen molar-refractivity contribution in [3.8, 4) is 0 Å². The largest absolute Gasteiger partial charge is 0.299 e. The molecule has 0 atom stereocenters. The van der Waals surface area contributed by atoms with Crippen molar-refractivity contribution in [2.24, 2.45) is 0 Å². The Bertz CT molecular complexity index is 229. The van der Waals surface area contributed by atoms with Crippen LogP contribution < -0.4 is 0 Å². The van der Waals surface area contributed by atoms with E-state index in [9.17, 15) is 0 Å². The van der Waals surface area contributed by atoms with Gasteiger partial charge in [-0.3, -0.25) is 4.84 Å². The molecule has 1 aliphatic heterocycles. The molecule has 1 aromatic carbocycles. The molecule has 1 aliphatic rings.